The lowest BCUT2D eigenvalue weighted by molar-refractivity contribution is 0.468. The minimum absolute atomic E-state index is 0.0818. The summed E-state index contributed by atoms with van der Waals surface area (Å²) in [6.45, 7) is 0.487. The molecule has 0 amide bonds. The van der Waals surface area contributed by atoms with Crippen LogP contribution in [0.2, 0.25) is 0 Å². The van der Waals surface area contributed by atoms with Gasteiger partial charge in [-0.05, 0) is 55.6 Å². The van der Waals surface area contributed by atoms with E-state index < -0.39 is 0 Å². The van der Waals surface area contributed by atoms with Gasteiger partial charge in [0.25, 0.3) is 5.56 Å². The summed E-state index contributed by atoms with van der Waals surface area (Å²) in [4.78, 5) is 12.1. The van der Waals surface area contributed by atoms with Crippen molar-refractivity contribution < 1.29 is 4.74 Å². The first-order valence-corrected chi connectivity index (χ1v) is 8.78. The van der Waals surface area contributed by atoms with E-state index in [1.807, 2.05) is 30.3 Å². The number of aromatic nitrogens is 1. The van der Waals surface area contributed by atoms with Crippen LogP contribution in [0.4, 0.5) is 5.69 Å². The highest BCUT2D eigenvalue weighted by Gasteiger charge is 2.10. The van der Waals surface area contributed by atoms with Gasteiger partial charge in [0.05, 0.1) is 21.7 Å². The van der Waals surface area contributed by atoms with Gasteiger partial charge in [-0.1, -0.05) is 30.3 Å². The van der Waals surface area contributed by atoms with Gasteiger partial charge in [0, 0.05) is 11.8 Å². The molecule has 4 nitrogen and oxygen atoms in total. The number of benzene rings is 2. The average molecular weight is 450 g/mol. The third kappa shape index (κ3) is 3.88. The van der Waals surface area contributed by atoms with E-state index in [-0.39, 0.29) is 5.56 Å². The molecule has 0 aliphatic rings. The van der Waals surface area contributed by atoms with Crippen LogP contribution in [0.5, 0.6) is 11.5 Å². The molecule has 1 heterocycles. The monoisotopic (exact) mass is 448 g/mol. The van der Waals surface area contributed by atoms with Crippen LogP contribution in [0.15, 0.2) is 74.5 Å². The van der Waals surface area contributed by atoms with Crippen molar-refractivity contribution in [1.82, 2.24) is 4.57 Å². The number of nitrogen functional groups attached to an aromatic ring is 1. The highest BCUT2D eigenvalue weighted by atomic mass is 79.9. The molecular formula is C18H14Br2N2O2. The van der Waals surface area contributed by atoms with Crippen LogP contribution in [0.1, 0.15) is 5.56 Å². The number of nitrogens with two attached hydrogens (primary N) is 1. The zero-order valence-electron chi connectivity index (χ0n) is 12.6. The summed E-state index contributed by atoms with van der Waals surface area (Å²) < 4.78 is 9.00. The van der Waals surface area contributed by atoms with Gasteiger partial charge in [-0.15, -0.1) is 0 Å². The smallest absolute Gasteiger partial charge is 0.251 e. The van der Waals surface area contributed by atoms with Crippen molar-refractivity contribution >= 4 is 37.5 Å². The number of rotatable bonds is 4. The summed E-state index contributed by atoms with van der Waals surface area (Å²) in [6.07, 6.45) is 1.70. The minimum Gasteiger partial charge on any atom is -0.453 e. The second-order valence-corrected chi connectivity index (χ2v) is 6.94. The fourth-order valence-corrected chi connectivity index (χ4v) is 3.65. The van der Waals surface area contributed by atoms with Gasteiger partial charge in [0.15, 0.2) is 5.75 Å². The van der Waals surface area contributed by atoms with Gasteiger partial charge in [-0.3, -0.25) is 4.79 Å². The normalized spacial score (nSPS) is 10.6. The average Bonchev–Trinajstić information content (AvgIpc) is 2.55. The Morgan fingerprint density at radius 1 is 1.00 bits per heavy atom. The molecule has 0 spiro atoms. The number of anilines is 1. The zero-order valence-corrected chi connectivity index (χ0v) is 15.7. The maximum Gasteiger partial charge on any atom is 0.251 e. The highest BCUT2D eigenvalue weighted by molar-refractivity contribution is 9.11. The van der Waals surface area contributed by atoms with Crippen LogP contribution >= 0.6 is 31.9 Å². The van der Waals surface area contributed by atoms with Gasteiger partial charge in [-0.25, -0.2) is 0 Å². The van der Waals surface area contributed by atoms with Crippen molar-refractivity contribution in [2.75, 3.05) is 5.73 Å². The standard InChI is InChI=1S/C18H14Br2N2O2/c19-15-8-13(21)9-16(20)18(15)24-14-6-7-17(23)22(11-14)10-12-4-2-1-3-5-12/h1-9,11H,10,21H2. The predicted molar refractivity (Wildman–Crippen MR) is 103 cm³/mol. The Morgan fingerprint density at radius 3 is 2.33 bits per heavy atom. The molecule has 2 N–H and O–H groups in total. The highest BCUT2D eigenvalue weighted by Crippen LogP contribution is 2.38. The number of ether oxygens (including phenoxy) is 1. The Morgan fingerprint density at radius 2 is 1.67 bits per heavy atom. The maximum atomic E-state index is 12.1. The maximum absolute atomic E-state index is 12.1. The third-order valence-electron chi connectivity index (χ3n) is 3.39. The van der Waals surface area contributed by atoms with Crippen molar-refractivity contribution in [3.05, 3.63) is 85.7 Å². The summed E-state index contributed by atoms with van der Waals surface area (Å²) in [5.74, 6) is 1.17. The molecule has 0 bridgehead atoms. The molecule has 0 saturated carbocycles. The van der Waals surface area contributed by atoms with Crippen molar-refractivity contribution in [2.24, 2.45) is 0 Å². The molecule has 0 unspecified atom stereocenters. The lowest BCUT2D eigenvalue weighted by Crippen LogP contribution is -2.18. The number of hydrogen-bond donors (Lipinski definition) is 1. The van der Waals surface area contributed by atoms with Crippen LogP contribution in [0, 0.1) is 0 Å². The van der Waals surface area contributed by atoms with Crippen LogP contribution in [-0.4, -0.2) is 4.57 Å². The first-order valence-electron chi connectivity index (χ1n) is 7.20. The lowest BCUT2D eigenvalue weighted by Gasteiger charge is -2.13. The molecule has 6 heteroatoms. The summed E-state index contributed by atoms with van der Waals surface area (Å²) in [6, 6.07) is 16.5. The number of halogens is 2. The SMILES string of the molecule is Nc1cc(Br)c(Oc2ccc(=O)n(Cc3ccccc3)c2)c(Br)c1. The second-order valence-electron chi connectivity index (χ2n) is 5.23. The van der Waals surface area contributed by atoms with Gasteiger partial charge < -0.3 is 15.0 Å². The number of hydrogen-bond acceptors (Lipinski definition) is 3. The van der Waals surface area contributed by atoms with Gasteiger partial charge >= 0.3 is 0 Å². The van der Waals surface area contributed by atoms with Gasteiger partial charge in [0.1, 0.15) is 5.75 Å². The Bertz CT molecular complexity index is 901. The van der Waals surface area contributed by atoms with Gasteiger partial charge in [0.2, 0.25) is 0 Å². The molecule has 0 atom stereocenters. The van der Waals surface area contributed by atoms with E-state index in [0.717, 1.165) is 14.5 Å². The quantitative estimate of drug-likeness (QED) is 0.582. The first kappa shape index (κ1) is 16.8. The van der Waals surface area contributed by atoms with Crippen LogP contribution in [0.25, 0.3) is 0 Å². The van der Waals surface area contributed by atoms with E-state index in [4.69, 9.17) is 10.5 Å². The predicted octanol–water partition coefficient (Wildman–Crippen LogP) is 4.80. The van der Waals surface area contributed by atoms with E-state index in [0.29, 0.717) is 23.7 Å². The molecule has 2 aromatic carbocycles. The van der Waals surface area contributed by atoms with E-state index in [1.54, 1.807) is 29.0 Å². The van der Waals surface area contributed by atoms with Gasteiger partial charge in [-0.2, -0.15) is 0 Å². The fraction of sp³-hybridized carbons (Fsp3) is 0.0556. The molecule has 0 aliphatic heterocycles. The fourth-order valence-electron chi connectivity index (χ4n) is 2.27. The zero-order chi connectivity index (χ0) is 17.1. The van der Waals surface area contributed by atoms with Crippen LogP contribution in [-0.2, 0) is 6.54 Å². The van der Waals surface area contributed by atoms with Crippen LogP contribution in [0.3, 0.4) is 0 Å². The van der Waals surface area contributed by atoms with E-state index >= 15 is 0 Å². The Hall–Kier alpha value is -2.05. The van der Waals surface area contributed by atoms with E-state index in [1.165, 1.54) is 6.07 Å². The summed E-state index contributed by atoms with van der Waals surface area (Å²) in [7, 11) is 0. The summed E-state index contributed by atoms with van der Waals surface area (Å²) in [5.41, 5.74) is 7.38. The molecule has 122 valence electrons. The minimum atomic E-state index is -0.0818. The molecule has 1 aromatic heterocycles. The molecular weight excluding hydrogens is 436 g/mol. The molecule has 0 fully saturated rings. The topological polar surface area (TPSA) is 57.2 Å². The number of nitrogens with zero attached hydrogens (tertiary/aromatic N) is 1. The second kappa shape index (κ2) is 7.23. The van der Waals surface area contributed by atoms with Crippen molar-refractivity contribution in [3.8, 4) is 11.5 Å². The molecule has 0 saturated heterocycles. The largest absolute Gasteiger partial charge is 0.453 e. The molecule has 0 radical (unpaired) electrons. The Kier molecular flexibility index (Phi) is 5.06. The first-order chi connectivity index (χ1) is 11.5. The number of pyridine rings is 1. The van der Waals surface area contributed by atoms with E-state index in [9.17, 15) is 4.79 Å². The lowest BCUT2D eigenvalue weighted by atomic mass is 10.2. The van der Waals surface area contributed by atoms with Crippen molar-refractivity contribution in [2.45, 2.75) is 6.54 Å². The molecule has 0 aliphatic carbocycles. The van der Waals surface area contributed by atoms with Crippen LogP contribution < -0.4 is 16.0 Å². The van der Waals surface area contributed by atoms with E-state index in [2.05, 4.69) is 31.9 Å². The summed E-state index contributed by atoms with van der Waals surface area (Å²) >= 11 is 6.88. The Balaban J connectivity index is 1.91. The third-order valence-corrected chi connectivity index (χ3v) is 4.57. The molecule has 24 heavy (non-hydrogen) atoms. The summed E-state index contributed by atoms with van der Waals surface area (Å²) in [5, 5.41) is 0. The Labute approximate surface area is 156 Å². The van der Waals surface area contributed by atoms with Crippen molar-refractivity contribution in [1.29, 1.82) is 0 Å². The molecule has 3 aromatic rings. The van der Waals surface area contributed by atoms with Crippen molar-refractivity contribution in [3.63, 3.8) is 0 Å². The molecule has 3 rings (SSSR count).